The molecule has 0 spiro atoms. The number of amides is 2. The quantitative estimate of drug-likeness (QED) is 0.815. The molecule has 0 radical (unpaired) electrons. The van der Waals surface area contributed by atoms with Gasteiger partial charge in [-0.3, -0.25) is 19.3 Å². The van der Waals surface area contributed by atoms with Crippen molar-refractivity contribution < 1.29 is 19.5 Å². The molecule has 2 rings (SSSR count). The van der Waals surface area contributed by atoms with Crippen molar-refractivity contribution in [3.05, 3.63) is 29.8 Å². The molecule has 1 saturated heterocycles. The Balaban J connectivity index is 2.31. The van der Waals surface area contributed by atoms with E-state index >= 15 is 0 Å². The lowest BCUT2D eigenvalue weighted by Gasteiger charge is -2.15. The number of hydrogen-bond donors (Lipinski definition) is 1. The first kappa shape index (κ1) is 12.3. The molecule has 1 N–H and O–H groups in total. The number of carbonyl (C=O) groups is 3. The van der Waals surface area contributed by atoms with Crippen LogP contribution in [0.15, 0.2) is 24.3 Å². The molecule has 1 aromatic rings. The predicted molar refractivity (Wildman–Crippen MR) is 64.1 cm³/mol. The zero-order chi connectivity index (χ0) is 13.3. The standard InChI is InChI=1S/C13H13NO4/c1-8-5-11(15)14(13(8)18)10-4-2-3-9(6-10)7-12(16)17/h2-4,6,8H,5,7H2,1H3,(H,16,17). The molecule has 0 aromatic heterocycles. The molecule has 0 aliphatic carbocycles. The maximum absolute atomic E-state index is 11.8. The Hall–Kier alpha value is -2.17. The molecular formula is C13H13NO4. The van der Waals surface area contributed by atoms with Gasteiger partial charge in [0.1, 0.15) is 0 Å². The maximum atomic E-state index is 11.8. The van der Waals surface area contributed by atoms with Crippen molar-refractivity contribution in [3.63, 3.8) is 0 Å². The first-order chi connectivity index (χ1) is 8.49. The molecule has 1 heterocycles. The number of anilines is 1. The van der Waals surface area contributed by atoms with Gasteiger partial charge < -0.3 is 5.11 Å². The summed E-state index contributed by atoms with van der Waals surface area (Å²) < 4.78 is 0. The first-order valence-corrected chi connectivity index (χ1v) is 5.66. The number of carbonyl (C=O) groups excluding carboxylic acids is 2. The van der Waals surface area contributed by atoms with Gasteiger partial charge >= 0.3 is 5.97 Å². The summed E-state index contributed by atoms with van der Waals surface area (Å²) in [5, 5.41) is 8.72. The molecule has 18 heavy (non-hydrogen) atoms. The number of carboxylic acid groups (broad SMARTS) is 1. The van der Waals surface area contributed by atoms with Crippen molar-refractivity contribution in [3.8, 4) is 0 Å². The van der Waals surface area contributed by atoms with Gasteiger partial charge in [0.15, 0.2) is 0 Å². The third-order valence-electron chi connectivity index (χ3n) is 2.90. The third-order valence-corrected chi connectivity index (χ3v) is 2.90. The van der Waals surface area contributed by atoms with Gasteiger partial charge in [0.05, 0.1) is 12.1 Å². The minimum Gasteiger partial charge on any atom is -0.481 e. The van der Waals surface area contributed by atoms with Gasteiger partial charge in [0, 0.05) is 12.3 Å². The van der Waals surface area contributed by atoms with E-state index in [2.05, 4.69) is 0 Å². The number of carboxylic acids is 1. The summed E-state index contributed by atoms with van der Waals surface area (Å²) in [7, 11) is 0. The Morgan fingerprint density at radius 3 is 2.72 bits per heavy atom. The molecule has 1 aromatic carbocycles. The fraction of sp³-hybridized carbons (Fsp3) is 0.308. The number of imide groups is 1. The van der Waals surface area contributed by atoms with Crippen LogP contribution in [0.3, 0.4) is 0 Å². The van der Waals surface area contributed by atoms with E-state index in [-0.39, 0.29) is 30.6 Å². The van der Waals surface area contributed by atoms with E-state index in [0.717, 1.165) is 4.90 Å². The largest absolute Gasteiger partial charge is 0.481 e. The summed E-state index contributed by atoms with van der Waals surface area (Å²) in [5.41, 5.74) is 1.02. The SMILES string of the molecule is CC1CC(=O)N(c2cccc(CC(=O)O)c2)C1=O. The first-order valence-electron chi connectivity index (χ1n) is 5.66. The second kappa shape index (κ2) is 4.60. The Labute approximate surface area is 104 Å². The number of hydrogen-bond acceptors (Lipinski definition) is 3. The van der Waals surface area contributed by atoms with E-state index < -0.39 is 5.97 Å². The Kier molecular flexibility index (Phi) is 3.14. The van der Waals surface area contributed by atoms with Crippen LogP contribution in [0.2, 0.25) is 0 Å². The Morgan fingerprint density at radius 1 is 1.44 bits per heavy atom. The van der Waals surface area contributed by atoms with Crippen LogP contribution >= 0.6 is 0 Å². The molecule has 0 saturated carbocycles. The molecule has 1 unspecified atom stereocenters. The van der Waals surface area contributed by atoms with Crippen molar-refractivity contribution in [2.75, 3.05) is 4.90 Å². The molecular weight excluding hydrogens is 234 g/mol. The summed E-state index contributed by atoms with van der Waals surface area (Å²) in [6.07, 6.45) is 0.0849. The van der Waals surface area contributed by atoms with Crippen LogP contribution in [-0.2, 0) is 20.8 Å². The van der Waals surface area contributed by atoms with E-state index in [1.165, 1.54) is 0 Å². The molecule has 1 atom stereocenters. The maximum Gasteiger partial charge on any atom is 0.307 e. The lowest BCUT2D eigenvalue weighted by Crippen LogP contribution is -2.30. The van der Waals surface area contributed by atoms with E-state index in [9.17, 15) is 14.4 Å². The van der Waals surface area contributed by atoms with Crippen molar-refractivity contribution in [2.45, 2.75) is 19.8 Å². The van der Waals surface area contributed by atoms with Crippen LogP contribution in [0.1, 0.15) is 18.9 Å². The van der Waals surface area contributed by atoms with Gasteiger partial charge in [-0.15, -0.1) is 0 Å². The van der Waals surface area contributed by atoms with Crippen molar-refractivity contribution in [1.29, 1.82) is 0 Å². The Morgan fingerprint density at radius 2 is 2.17 bits per heavy atom. The molecule has 5 nitrogen and oxygen atoms in total. The van der Waals surface area contributed by atoms with E-state index in [1.54, 1.807) is 31.2 Å². The minimum absolute atomic E-state index is 0.125. The van der Waals surface area contributed by atoms with Gasteiger partial charge in [0.25, 0.3) is 0 Å². The molecule has 1 aliphatic rings. The number of aliphatic carboxylic acids is 1. The molecule has 94 valence electrons. The second-order valence-electron chi connectivity index (χ2n) is 4.41. The molecule has 5 heteroatoms. The highest BCUT2D eigenvalue weighted by Gasteiger charge is 2.36. The second-order valence-corrected chi connectivity index (χ2v) is 4.41. The van der Waals surface area contributed by atoms with Gasteiger partial charge in [-0.05, 0) is 17.7 Å². The van der Waals surface area contributed by atoms with E-state index in [0.29, 0.717) is 11.3 Å². The lowest BCUT2D eigenvalue weighted by atomic mass is 10.1. The van der Waals surface area contributed by atoms with Gasteiger partial charge in [-0.2, -0.15) is 0 Å². The zero-order valence-corrected chi connectivity index (χ0v) is 9.92. The number of benzene rings is 1. The smallest absolute Gasteiger partial charge is 0.307 e. The Bertz CT molecular complexity index is 523. The molecule has 1 fully saturated rings. The topological polar surface area (TPSA) is 74.7 Å². The summed E-state index contributed by atoms with van der Waals surface area (Å²) >= 11 is 0. The predicted octanol–water partition coefficient (Wildman–Crippen LogP) is 1.21. The summed E-state index contributed by atoms with van der Waals surface area (Å²) in [6.45, 7) is 1.71. The van der Waals surface area contributed by atoms with Crippen LogP contribution in [0.25, 0.3) is 0 Å². The van der Waals surface area contributed by atoms with Gasteiger partial charge in [0.2, 0.25) is 11.8 Å². The highest BCUT2D eigenvalue weighted by molar-refractivity contribution is 6.20. The normalized spacial score (nSPS) is 19.4. The summed E-state index contributed by atoms with van der Waals surface area (Å²) in [5.74, 6) is -1.72. The van der Waals surface area contributed by atoms with Crippen LogP contribution in [-0.4, -0.2) is 22.9 Å². The zero-order valence-electron chi connectivity index (χ0n) is 9.92. The molecule has 0 bridgehead atoms. The number of rotatable bonds is 3. The van der Waals surface area contributed by atoms with E-state index in [1.807, 2.05) is 0 Å². The average molecular weight is 247 g/mol. The lowest BCUT2D eigenvalue weighted by molar-refractivity contribution is -0.136. The fourth-order valence-corrected chi connectivity index (χ4v) is 2.04. The highest BCUT2D eigenvalue weighted by atomic mass is 16.4. The summed E-state index contributed by atoms with van der Waals surface area (Å²) in [6, 6.07) is 6.52. The van der Waals surface area contributed by atoms with Crippen molar-refractivity contribution in [1.82, 2.24) is 0 Å². The van der Waals surface area contributed by atoms with Crippen molar-refractivity contribution >= 4 is 23.5 Å². The highest BCUT2D eigenvalue weighted by Crippen LogP contribution is 2.26. The van der Waals surface area contributed by atoms with Crippen LogP contribution in [0.4, 0.5) is 5.69 Å². The monoisotopic (exact) mass is 247 g/mol. The van der Waals surface area contributed by atoms with Crippen LogP contribution < -0.4 is 4.90 Å². The van der Waals surface area contributed by atoms with Crippen LogP contribution in [0, 0.1) is 5.92 Å². The molecule has 2 amide bonds. The summed E-state index contributed by atoms with van der Waals surface area (Å²) in [4.78, 5) is 35.3. The fourth-order valence-electron chi connectivity index (χ4n) is 2.04. The molecule has 1 aliphatic heterocycles. The van der Waals surface area contributed by atoms with Gasteiger partial charge in [-0.1, -0.05) is 19.1 Å². The minimum atomic E-state index is -0.945. The van der Waals surface area contributed by atoms with E-state index in [4.69, 9.17) is 5.11 Å². The van der Waals surface area contributed by atoms with Crippen molar-refractivity contribution in [2.24, 2.45) is 5.92 Å². The van der Waals surface area contributed by atoms with Gasteiger partial charge in [-0.25, -0.2) is 0 Å². The van der Waals surface area contributed by atoms with Crippen LogP contribution in [0.5, 0.6) is 0 Å². The average Bonchev–Trinajstić information content (AvgIpc) is 2.52. The number of nitrogens with zero attached hydrogens (tertiary/aromatic N) is 1. The third kappa shape index (κ3) is 2.25.